The van der Waals surface area contributed by atoms with E-state index < -0.39 is 10.0 Å². The number of sulfonamides is 1. The van der Waals surface area contributed by atoms with Crippen molar-refractivity contribution in [3.05, 3.63) is 42.5 Å². The average molecular weight is 308 g/mol. The molecule has 0 radical (unpaired) electrons. The number of aryl methyl sites for hydroxylation is 1. The van der Waals surface area contributed by atoms with Crippen LogP contribution >= 0.6 is 0 Å². The van der Waals surface area contributed by atoms with Crippen LogP contribution in [0.4, 0.5) is 5.69 Å². The van der Waals surface area contributed by atoms with Crippen molar-refractivity contribution in [2.45, 2.75) is 17.9 Å². The third kappa shape index (κ3) is 3.25. The summed E-state index contributed by atoms with van der Waals surface area (Å²) in [6.45, 7) is 2.01. The van der Waals surface area contributed by atoms with Gasteiger partial charge in [-0.05, 0) is 31.2 Å². The fraction of sp³-hybridized carbons (Fsp3) is 0.357. The van der Waals surface area contributed by atoms with Crippen molar-refractivity contribution in [3.63, 3.8) is 0 Å². The summed E-state index contributed by atoms with van der Waals surface area (Å²) in [7, 11) is 1.59. The van der Waals surface area contributed by atoms with Crippen molar-refractivity contribution in [1.82, 2.24) is 13.9 Å². The van der Waals surface area contributed by atoms with Gasteiger partial charge >= 0.3 is 0 Å². The fourth-order valence-electron chi connectivity index (χ4n) is 2.04. The molecule has 1 unspecified atom stereocenters. The molecule has 2 aromatic rings. The minimum absolute atomic E-state index is 0.0290. The summed E-state index contributed by atoms with van der Waals surface area (Å²) in [5.74, 6) is 0.917. The number of nitrogens with zero attached hydrogens (tertiary/aromatic N) is 3. The van der Waals surface area contributed by atoms with Crippen LogP contribution in [0, 0.1) is 0 Å². The number of aromatic nitrogens is 2. The first kappa shape index (κ1) is 15.5. The van der Waals surface area contributed by atoms with Gasteiger partial charge in [-0.1, -0.05) is 0 Å². The standard InChI is InChI=1S/C14H20N4O2S/c1-11(14-15-9-10-18(14)4)16-12-5-7-13(8-6-12)21(19,20)17(2)3/h5-11,16H,1-4H3. The Kier molecular flexibility index (Phi) is 4.34. The Bertz CT molecular complexity index is 705. The van der Waals surface area contributed by atoms with Crippen LogP contribution in [0.25, 0.3) is 0 Å². The predicted octanol–water partition coefficient (Wildman–Crippen LogP) is 1.84. The molecule has 0 aliphatic carbocycles. The molecule has 0 aliphatic rings. The second-order valence-electron chi connectivity index (χ2n) is 5.07. The summed E-state index contributed by atoms with van der Waals surface area (Å²) < 4.78 is 27.1. The number of rotatable bonds is 5. The highest BCUT2D eigenvalue weighted by Gasteiger charge is 2.17. The van der Waals surface area contributed by atoms with Crippen molar-refractivity contribution >= 4 is 15.7 Å². The Morgan fingerprint density at radius 3 is 2.33 bits per heavy atom. The van der Waals surface area contributed by atoms with Crippen molar-refractivity contribution in [3.8, 4) is 0 Å². The normalized spacial score (nSPS) is 13.4. The number of benzene rings is 1. The van der Waals surface area contributed by atoms with E-state index in [2.05, 4.69) is 10.3 Å². The number of hydrogen-bond acceptors (Lipinski definition) is 4. The number of anilines is 1. The van der Waals surface area contributed by atoms with E-state index in [-0.39, 0.29) is 10.9 Å². The monoisotopic (exact) mass is 308 g/mol. The van der Waals surface area contributed by atoms with Crippen LogP contribution < -0.4 is 5.32 Å². The van der Waals surface area contributed by atoms with E-state index >= 15 is 0 Å². The highest BCUT2D eigenvalue weighted by Crippen LogP contribution is 2.20. The first-order valence-electron chi connectivity index (χ1n) is 6.58. The Morgan fingerprint density at radius 2 is 1.86 bits per heavy atom. The lowest BCUT2D eigenvalue weighted by molar-refractivity contribution is 0.521. The van der Waals surface area contributed by atoms with Gasteiger partial charge in [-0.15, -0.1) is 0 Å². The zero-order chi connectivity index (χ0) is 15.6. The lowest BCUT2D eigenvalue weighted by Gasteiger charge is -2.16. The van der Waals surface area contributed by atoms with Crippen molar-refractivity contribution in [2.75, 3.05) is 19.4 Å². The molecule has 1 aromatic heterocycles. The average Bonchev–Trinajstić information content (AvgIpc) is 2.85. The van der Waals surface area contributed by atoms with E-state index in [1.807, 2.05) is 24.7 Å². The van der Waals surface area contributed by atoms with Gasteiger partial charge in [0.05, 0.1) is 10.9 Å². The van der Waals surface area contributed by atoms with Gasteiger partial charge in [0.15, 0.2) is 0 Å². The number of hydrogen-bond donors (Lipinski definition) is 1. The molecule has 114 valence electrons. The maximum absolute atomic E-state index is 12.0. The van der Waals surface area contributed by atoms with Gasteiger partial charge < -0.3 is 9.88 Å². The van der Waals surface area contributed by atoms with E-state index in [1.54, 1.807) is 30.5 Å². The lowest BCUT2D eigenvalue weighted by Crippen LogP contribution is -2.22. The zero-order valence-corrected chi connectivity index (χ0v) is 13.4. The molecule has 7 heteroatoms. The van der Waals surface area contributed by atoms with Gasteiger partial charge in [-0.3, -0.25) is 0 Å². The van der Waals surface area contributed by atoms with Gasteiger partial charge in [0, 0.05) is 39.2 Å². The minimum Gasteiger partial charge on any atom is -0.375 e. The van der Waals surface area contributed by atoms with Crippen LogP contribution in [0.1, 0.15) is 18.8 Å². The molecule has 0 spiro atoms. The molecule has 6 nitrogen and oxygen atoms in total. The predicted molar refractivity (Wildman–Crippen MR) is 82.6 cm³/mol. The van der Waals surface area contributed by atoms with Crippen molar-refractivity contribution in [1.29, 1.82) is 0 Å². The summed E-state index contributed by atoms with van der Waals surface area (Å²) in [6, 6.07) is 6.75. The first-order valence-corrected chi connectivity index (χ1v) is 8.02. The third-order valence-corrected chi connectivity index (χ3v) is 5.09. The lowest BCUT2D eigenvalue weighted by atomic mass is 10.2. The van der Waals surface area contributed by atoms with Crippen LogP contribution in [0.3, 0.4) is 0 Å². The maximum atomic E-state index is 12.0. The highest BCUT2D eigenvalue weighted by atomic mass is 32.2. The van der Waals surface area contributed by atoms with Crippen molar-refractivity contribution < 1.29 is 8.42 Å². The quantitative estimate of drug-likeness (QED) is 0.915. The zero-order valence-electron chi connectivity index (χ0n) is 12.6. The van der Waals surface area contributed by atoms with E-state index in [4.69, 9.17) is 0 Å². The molecule has 0 amide bonds. The van der Waals surface area contributed by atoms with Gasteiger partial charge in [0.1, 0.15) is 5.82 Å². The fourth-order valence-corrected chi connectivity index (χ4v) is 2.94. The maximum Gasteiger partial charge on any atom is 0.242 e. The van der Waals surface area contributed by atoms with Gasteiger partial charge in [0.25, 0.3) is 0 Å². The van der Waals surface area contributed by atoms with Gasteiger partial charge in [-0.2, -0.15) is 0 Å². The van der Waals surface area contributed by atoms with E-state index in [1.165, 1.54) is 18.4 Å². The van der Waals surface area contributed by atoms with Gasteiger partial charge in [0.2, 0.25) is 10.0 Å². The summed E-state index contributed by atoms with van der Waals surface area (Å²) in [4.78, 5) is 4.57. The van der Waals surface area contributed by atoms with Crippen LogP contribution in [0.2, 0.25) is 0 Å². The molecule has 0 bridgehead atoms. The van der Waals surface area contributed by atoms with E-state index in [0.717, 1.165) is 11.5 Å². The summed E-state index contributed by atoms with van der Waals surface area (Å²) in [5, 5.41) is 3.30. The summed E-state index contributed by atoms with van der Waals surface area (Å²) in [6.07, 6.45) is 3.64. The molecule has 2 rings (SSSR count). The molecule has 1 aromatic carbocycles. The van der Waals surface area contributed by atoms with E-state index in [0.29, 0.717) is 0 Å². The Labute approximate surface area is 125 Å². The Hall–Kier alpha value is -1.86. The van der Waals surface area contributed by atoms with Crippen LogP contribution in [0.5, 0.6) is 0 Å². The number of imidazole rings is 1. The molecule has 21 heavy (non-hydrogen) atoms. The molecule has 0 aliphatic heterocycles. The molecular weight excluding hydrogens is 288 g/mol. The van der Waals surface area contributed by atoms with Crippen LogP contribution in [0.15, 0.2) is 41.6 Å². The SMILES string of the molecule is CC(Nc1ccc(S(=O)(=O)N(C)C)cc1)c1nccn1C. The second-order valence-corrected chi connectivity index (χ2v) is 7.23. The topological polar surface area (TPSA) is 67.2 Å². The number of nitrogens with one attached hydrogen (secondary N) is 1. The molecule has 1 heterocycles. The molecular formula is C14H20N4O2S. The largest absolute Gasteiger partial charge is 0.375 e. The first-order chi connectivity index (χ1) is 9.82. The molecule has 1 N–H and O–H groups in total. The van der Waals surface area contributed by atoms with Crippen molar-refractivity contribution in [2.24, 2.45) is 7.05 Å². The Morgan fingerprint density at radius 1 is 1.24 bits per heavy atom. The van der Waals surface area contributed by atoms with Crippen LogP contribution in [-0.2, 0) is 17.1 Å². The minimum atomic E-state index is -3.38. The summed E-state index contributed by atoms with van der Waals surface area (Å²) >= 11 is 0. The highest BCUT2D eigenvalue weighted by molar-refractivity contribution is 7.89. The molecule has 0 saturated carbocycles. The molecule has 1 atom stereocenters. The molecule has 0 saturated heterocycles. The van der Waals surface area contributed by atoms with E-state index in [9.17, 15) is 8.42 Å². The third-order valence-electron chi connectivity index (χ3n) is 3.26. The summed E-state index contributed by atoms with van der Waals surface area (Å²) in [5.41, 5.74) is 0.850. The second kappa shape index (κ2) is 5.87. The smallest absolute Gasteiger partial charge is 0.242 e. The van der Waals surface area contributed by atoms with Crippen LogP contribution in [-0.4, -0.2) is 36.4 Å². The Balaban J connectivity index is 2.15. The van der Waals surface area contributed by atoms with Gasteiger partial charge in [-0.25, -0.2) is 17.7 Å². The molecule has 0 fully saturated rings.